The monoisotopic (exact) mass is 175 g/mol. The molecule has 1 aromatic rings. The zero-order valence-electron chi connectivity index (χ0n) is 8.40. The first-order chi connectivity index (χ1) is 6.27. The quantitative estimate of drug-likeness (QED) is 0.687. The molecule has 1 fully saturated rings. The highest BCUT2D eigenvalue weighted by Gasteiger charge is 2.38. The summed E-state index contributed by atoms with van der Waals surface area (Å²) in [7, 11) is 0. The molecule has 1 aliphatic carbocycles. The van der Waals surface area contributed by atoms with Crippen molar-refractivity contribution in [1.29, 1.82) is 0 Å². The van der Waals surface area contributed by atoms with Crippen LogP contribution in [0.3, 0.4) is 0 Å². The minimum absolute atomic E-state index is 0.767. The van der Waals surface area contributed by atoms with Crippen LogP contribution in [-0.4, -0.2) is 4.98 Å². The molecule has 70 valence electrons. The zero-order chi connectivity index (χ0) is 9.26. The van der Waals surface area contributed by atoms with Crippen LogP contribution in [0.2, 0.25) is 0 Å². The average Bonchev–Trinajstić information content (AvgIpc) is 2.84. The van der Waals surface area contributed by atoms with E-state index >= 15 is 0 Å². The molecule has 0 N–H and O–H groups in total. The van der Waals surface area contributed by atoms with Crippen LogP contribution < -0.4 is 0 Å². The van der Waals surface area contributed by atoms with Crippen LogP contribution in [0, 0.1) is 11.8 Å². The van der Waals surface area contributed by atoms with E-state index in [1.54, 1.807) is 0 Å². The second kappa shape index (κ2) is 3.49. The van der Waals surface area contributed by atoms with Crippen molar-refractivity contribution in [3.8, 4) is 0 Å². The molecule has 0 amide bonds. The first-order valence-corrected chi connectivity index (χ1v) is 5.18. The van der Waals surface area contributed by atoms with Crippen LogP contribution >= 0.6 is 0 Å². The molecule has 0 spiro atoms. The Bertz CT molecular complexity index is 266. The molecule has 1 heteroatoms. The molecule has 0 radical (unpaired) electrons. The standard InChI is InChI=1S/C12H17N/c1-9(2)7-10-8-11(10)12-5-3-4-6-13-12/h3-6,9-11H,7-8H2,1-2H3/t10-,11-/m0/s1. The summed E-state index contributed by atoms with van der Waals surface area (Å²) in [5.41, 5.74) is 1.30. The van der Waals surface area contributed by atoms with E-state index in [0.29, 0.717) is 0 Å². The number of rotatable bonds is 3. The lowest BCUT2D eigenvalue weighted by molar-refractivity contribution is 0.530. The first-order valence-electron chi connectivity index (χ1n) is 5.18. The lowest BCUT2D eigenvalue weighted by Crippen LogP contribution is -1.92. The van der Waals surface area contributed by atoms with Gasteiger partial charge in [-0.15, -0.1) is 0 Å². The van der Waals surface area contributed by atoms with Crippen LogP contribution in [0.4, 0.5) is 0 Å². The molecule has 2 atom stereocenters. The van der Waals surface area contributed by atoms with E-state index in [1.807, 2.05) is 12.3 Å². The molecule has 2 rings (SSSR count). The number of pyridine rings is 1. The average molecular weight is 175 g/mol. The van der Waals surface area contributed by atoms with Gasteiger partial charge in [0.05, 0.1) is 0 Å². The maximum atomic E-state index is 4.40. The molecule has 0 aliphatic heterocycles. The largest absolute Gasteiger partial charge is 0.261 e. The Kier molecular flexibility index (Phi) is 2.34. The topological polar surface area (TPSA) is 12.9 Å². The van der Waals surface area contributed by atoms with Gasteiger partial charge < -0.3 is 0 Å². The Morgan fingerprint density at radius 1 is 1.46 bits per heavy atom. The third-order valence-electron chi connectivity index (χ3n) is 2.76. The van der Waals surface area contributed by atoms with Gasteiger partial charge in [0, 0.05) is 17.8 Å². The number of hydrogen-bond donors (Lipinski definition) is 0. The highest BCUT2D eigenvalue weighted by molar-refractivity contribution is 5.17. The number of nitrogens with zero attached hydrogens (tertiary/aromatic N) is 1. The minimum Gasteiger partial charge on any atom is -0.261 e. The predicted octanol–water partition coefficient (Wildman–Crippen LogP) is 3.23. The fourth-order valence-corrected chi connectivity index (χ4v) is 2.07. The zero-order valence-corrected chi connectivity index (χ0v) is 8.40. The third kappa shape index (κ3) is 2.09. The summed E-state index contributed by atoms with van der Waals surface area (Å²) in [6.45, 7) is 4.60. The Balaban J connectivity index is 1.93. The molecule has 0 bridgehead atoms. The van der Waals surface area contributed by atoms with Gasteiger partial charge in [-0.05, 0) is 36.8 Å². The predicted molar refractivity (Wildman–Crippen MR) is 54.5 cm³/mol. The second-order valence-electron chi connectivity index (χ2n) is 4.49. The van der Waals surface area contributed by atoms with Gasteiger partial charge in [0.25, 0.3) is 0 Å². The highest BCUT2D eigenvalue weighted by atomic mass is 14.7. The maximum Gasteiger partial charge on any atom is 0.0437 e. The molecule has 0 aromatic carbocycles. The molecular weight excluding hydrogens is 158 g/mol. The summed E-state index contributed by atoms with van der Waals surface area (Å²) in [6.07, 6.45) is 4.62. The van der Waals surface area contributed by atoms with Crippen molar-refractivity contribution in [1.82, 2.24) is 4.98 Å². The second-order valence-corrected chi connectivity index (χ2v) is 4.49. The van der Waals surface area contributed by atoms with Crippen molar-refractivity contribution in [2.75, 3.05) is 0 Å². The van der Waals surface area contributed by atoms with E-state index in [-0.39, 0.29) is 0 Å². The summed E-state index contributed by atoms with van der Waals surface area (Å²) >= 11 is 0. The third-order valence-corrected chi connectivity index (χ3v) is 2.76. The van der Waals surface area contributed by atoms with E-state index < -0.39 is 0 Å². The molecule has 1 aliphatic rings. The highest BCUT2D eigenvalue weighted by Crippen LogP contribution is 2.49. The van der Waals surface area contributed by atoms with E-state index in [9.17, 15) is 0 Å². The van der Waals surface area contributed by atoms with Crippen molar-refractivity contribution >= 4 is 0 Å². The lowest BCUT2D eigenvalue weighted by atomic mass is 10.0. The van der Waals surface area contributed by atoms with Gasteiger partial charge in [-0.3, -0.25) is 4.98 Å². The van der Waals surface area contributed by atoms with Gasteiger partial charge in [-0.2, -0.15) is 0 Å². The van der Waals surface area contributed by atoms with E-state index in [1.165, 1.54) is 18.5 Å². The Labute approximate surface area is 80.2 Å². The van der Waals surface area contributed by atoms with Crippen LogP contribution in [0.15, 0.2) is 24.4 Å². The fraction of sp³-hybridized carbons (Fsp3) is 0.583. The van der Waals surface area contributed by atoms with Gasteiger partial charge >= 0.3 is 0 Å². The summed E-state index contributed by atoms with van der Waals surface area (Å²) in [5.74, 6) is 2.51. The number of hydrogen-bond acceptors (Lipinski definition) is 1. The van der Waals surface area contributed by atoms with Crippen molar-refractivity contribution in [3.63, 3.8) is 0 Å². The summed E-state index contributed by atoms with van der Waals surface area (Å²) in [6, 6.07) is 6.24. The molecule has 13 heavy (non-hydrogen) atoms. The molecule has 0 saturated heterocycles. The van der Waals surface area contributed by atoms with Crippen molar-refractivity contribution < 1.29 is 0 Å². The Morgan fingerprint density at radius 2 is 2.31 bits per heavy atom. The van der Waals surface area contributed by atoms with Crippen LogP contribution in [0.1, 0.15) is 38.3 Å². The van der Waals surface area contributed by atoms with Crippen molar-refractivity contribution in [3.05, 3.63) is 30.1 Å². The molecular formula is C12H17N. The molecule has 1 heterocycles. The Hall–Kier alpha value is -0.850. The van der Waals surface area contributed by atoms with Gasteiger partial charge in [0.2, 0.25) is 0 Å². The normalized spacial score (nSPS) is 26.4. The SMILES string of the molecule is CC(C)C[C@H]1C[C@@H]1c1ccccn1. The molecule has 1 saturated carbocycles. The van der Waals surface area contributed by atoms with E-state index in [0.717, 1.165) is 17.8 Å². The molecule has 1 aromatic heterocycles. The summed E-state index contributed by atoms with van der Waals surface area (Å²) < 4.78 is 0. The van der Waals surface area contributed by atoms with Gasteiger partial charge in [0.15, 0.2) is 0 Å². The summed E-state index contributed by atoms with van der Waals surface area (Å²) in [5, 5.41) is 0. The van der Waals surface area contributed by atoms with Gasteiger partial charge in [-0.1, -0.05) is 19.9 Å². The van der Waals surface area contributed by atoms with Crippen molar-refractivity contribution in [2.24, 2.45) is 11.8 Å². The maximum absolute atomic E-state index is 4.40. The Morgan fingerprint density at radius 3 is 2.92 bits per heavy atom. The number of aromatic nitrogens is 1. The van der Waals surface area contributed by atoms with Crippen molar-refractivity contribution in [2.45, 2.75) is 32.6 Å². The summed E-state index contributed by atoms with van der Waals surface area (Å²) in [4.78, 5) is 4.40. The van der Waals surface area contributed by atoms with Gasteiger partial charge in [0.1, 0.15) is 0 Å². The fourth-order valence-electron chi connectivity index (χ4n) is 2.07. The van der Waals surface area contributed by atoms with Crippen LogP contribution in [0.25, 0.3) is 0 Å². The minimum atomic E-state index is 0.767. The van der Waals surface area contributed by atoms with Crippen LogP contribution in [0.5, 0.6) is 0 Å². The van der Waals surface area contributed by atoms with Crippen LogP contribution in [-0.2, 0) is 0 Å². The van der Waals surface area contributed by atoms with E-state index in [4.69, 9.17) is 0 Å². The smallest absolute Gasteiger partial charge is 0.0437 e. The first kappa shape index (κ1) is 8.74. The lowest BCUT2D eigenvalue weighted by Gasteiger charge is -2.02. The molecule has 0 unspecified atom stereocenters. The van der Waals surface area contributed by atoms with Gasteiger partial charge in [-0.25, -0.2) is 0 Å². The van der Waals surface area contributed by atoms with E-state index in [2.05, 4.69) is 31.0 Å². The molecule has 1 nitrogen and oxygen atoms in total.